The van der Waals surface area contributed by atoms with Gasteiger partial charge in [-0.3, -0.25) is 4.79 Å². The number of nitrogen functional groups attached to an aromatic ring is 1. The minimum Gasteiger partial charge on any atom is -0.495 e. The molecule has 2 rings (SSSR count). The average molecular weight is 371 g/mol. The lowest BCUT2D eigenvalue weighted by atomic mass is 10.1. The standard InChI is InChI=1S/C14H13BrClN3O2/c1-21-12-6-8(2-3-10(12)15)19-13-9(14(18)20)4-7(17)5-11(13)16/h2-6,19H,17H2,1H3,(H2,18,20). The third-order valence-electron chi connectivity index (χ3n) is 2.80. The number of nitrogens with two attached hydrogens (primary N) is 2. The molecule has 5 nitrogen and oxygen atoms in total. The summed E-state index contributed by atoms with van der Waals surface area (Å²) < 4.78 is 6.03. The van der Waals surface area contributed by atoms with Gasteiger partial charge in [-0.15, -0.1) is 0 Å². The number of rotatable bonds is 4. The molecule has 0 saturated heterocycles. The first-order chi connectivity index (χ1) is 9.92. The normalized spacial score (nSPS) is 10.2. The van der Waals surface area contributed by atoms with Crippen molar-refractivity contribution in [1.82, 2.24) is 0 Å². The highest BCUT2D eigenvalue weighted by atomic mass is 79.9. The number of hydrogen-bond donors (Lipinski definition) is 3. The predicted molar refractivity (Wildman–Crippen MR) is 88.4 cm³/mol. The molecule has 0 aliphatic carbocycles. The Morgan fingerprint density at radius 3 is 2.67 bits per heavy atom. The summed E-state index contributed by atoms with van der Waals surface area (Å²) in [5, 5.41) is 3.37. The van der Waals surface area contributed by atoms with Crippen molar-refractivity contribution in [1.29, 1.82) is 0 Å². The van der Waals surface area contributed by atoms with E-state index in [4.69, 9.17) is 27.8 Å². The van der Waals surface area contributed by atoms with E-state index >= 15 is 0 Å². The molecule has 0 radical (unpaired) electrons. The second-order valence-electron chi connectivity index (χ2n) is 4.26. The molecule has 7 heteroatoms. The summed E-state index contributed by atoms with van der Waals surface area (Å²) in [5.41, 5.74) is 12.7. The zero-order chi connectivity index (χ0) is 15.6. The van der Waals surface area contributed by atoms with Crippen LogP contribution in [-0.4, -0.2) is 13.0 Å². The minimum absolute atomic E-state index is 0.224. The van der Waals surface area contributed by atoms with Crippen molar-refractivity contribution in [3.05, 3.63) is 45.4 Å². The summed E-state index contributed by atoms with van der Waals surface area (Å²) in [7, 11) is 1.56. The van der Waals surface area contributed by atoms with Crippen LogP contribution < -0.4 is 21.5 Å². The van der Waals surface area contributed by atoms with Crippen LogP contribution >= 0.6 is 27.5 Å². The number of benzene rings is 2. The van der Waals surface area contributed by atoms with Crippen molar-refractivity contribution < 1.29 is 9.53 Å². The van der Waals surface area contributed by atoms with E-state index in [-0.39, 0.29) is 5.56 Å². The zero-order valence-electron chi connectivity index (χ0n) is 11.1. The molecule has 2 aromatic rings. The highest BCUT2D eigenvalue weighted by molar-refractivity contribution is 9.10. The molecular weight excluding hydrogens is 358 g/mol. The quantitative estimate of drug-likeness (QED) is 0.718. The molecule has 0 aliphatic heterocycles. The summed E-state index contributed by atoms with van der Waals surface area (Å²) in [6.45, 7) is 0. The molecule has 0 aromatic heterocycles. The van der Waals surface area contributed by atoms with Gasteiger partial charge in [0.15, 0.2) is 0 Å². The Balaban J connectivity index is 2.46. The molecule has 0 saturated carbocycles. The topological polar surface area (TPSA) is 90.4 Å². The maximum Gasteiger partial charge on any atom is 0.250 e. The zero-order valence-corrected chi connectivity index (χ0v) is 13.5. The Hall–Kier alpha value is -1.92. The fourth-order valence-corrected chi connectivity index (χ4v) is 2.51. The molecule has 0 bridgehead atoms. The van der Waals surface area contributed by atoms with Crippen LogP contribution in [0.3, 0.4) is 0 Å². The van der Waals surface area contributed by atoms with E-state index in [1.54, 1.807) is 19.2 Å². The van der Waals surface area contributed by atoms with E-state index < -0.39 is 5.91 Å². The lowest BCUT2D eigenvalue weighted by Gasteiger charge is -2.14. The van der Waals surface area contributed by atoms with Crippen LogP contribution in [0.1, 0.15) is 10.4 Å². The highest BCUT2D eigenvalue weighted by Crippen LogP contribution is 2.34. The van der Waals surface area contributed by atoms with Crippen LogP contribution in [0.5, 0.6) is 5.75 Å². The summed E-state index contributed by atoms with van der Waals surface area (Å²) in [5.74, 6) is 0.0305. The summed E-state index contributed by atoms with van der Waals surface area (Å²) in [6.07, 6.45) is 0. The molecule has 2 aromatic carbocycles. The van der Waals surface area contributed by atoms with Gasteiger partial charge < -0.3 is 21.5 Å². The van der Waals surface area contributed by atoms with Crippen LogP contribution in [0.15, 0.2) is 34.8 Å². The highest BCUT2D eigenvalue weighted by Gasteiger charge is 2.14. The number of methoxy groups -OCH3 is 1. The maximum atomic E-state index is 11.5. The lowest BCUT2D eigenvalue weighted by Crippen LogP contribution is -2.14. The number of anilines is 3. The van der Waals surface area contributed by atoms with Gasteiger partial charge >= 0.3 is 0 Å². The number of amides is 1. The fourth-order valence-electron chi connectivity index (χ4n) is 1.83. The van der Waals surface area contributed by atoms with Gasteiger partial charge in [0.2, 0.25) is 0 Å². The Kier molecular flexibility index (Phi) is 4.59. The van der Waals surface area contributed by atoms with E-state index in [2.05, 4.69) is 21.2 Å². The molecule has 0 fully saturated rings. The van der Waals surface area contributed by atoms with Gasteiger partial charge in [-0.2, -0.15) is 0 Å². The Morgan fingerprint density at radius 2 is 2.05 bits per heavy atom. The third kappa shape index (κ3) is 3.40. The first-order valence-corrected chi connectivity index (χ1v) is 7.09. The number of carbonyl (C=O) groups is 1. The summed E-state index contributed by atoms with van der Waals surface area (Å²) in [6, 6.07) is 8.42. The molecular formula is C14H13BrClN3O2. The van der Waals surface area contributed by atoms with Crippen LogP contribution in [0.4, 0.5) is 17.1 Å². The number of halogens is 2. The smallest absolute Gasteiger partial charge is 0.250 e. The molecule has 0 spiro atoms. The van der Waals surface area contributed by atoms with Crippen molar-refractivity contribution in [2.45, 2.75) is 0 Å². The van der Waals surface area contributed by atoms with Crippen molar-refractivity contribution >= 4 is 50.5 Å². The van der Waals surface area contributed by atoms with Crippen molar-refractivity contribution in [3.63, 3.8) is 0 Å². The number of carbonyl (C=O) groups excluding carboxylic acids is 1. The van der Waals surface area contributed by atoms with E-state index in [9.17, 15) is 4.79 Å². The molecule has 0 atom stereocenters. The number of nitrogens with one attached hydrogen (secondary N) is 1. The van der Waals surface area contributed by atoms with Crippen molar-refractivity contribution in [3.8, 4) is 5.75 Å². The van der Waals surface area contributed by atoms with E-state index in [1.165, 1.54) is 6.07 Å². The van der Waals surface area contributed by atoms with Crippen molar-refractivity contribution in [2.24, 2.45) is 5.73 Å². The van der Waals surface area contributed by atoms with Crippen LogP contribution in [0.25, 0.3) is 0 Å². The Morgan fingerprint density at radius 1 is 1.33 bits per heavy atom. The van der Waals surface area contributed by atoms with Crippen LogP contribution in [0.2, 0.25) is 5.02 Å². The molecule has 110 valence electrons. The number of hydrogen-bond acceptors (Lipinski definition) is 4. The first-order valence-electron chi connectivity index (χ1n) is 5.91. The molecule has 5 N–H and O–H groups in total. The summed E-state index contributed by atoms with van der Waals surface area (Å²) in [4.78, 5) is 11.5. The number of ether oxygens (including phenoxy) is 1. The van der Waals surface area contributed by atoms with Crippen LogP contribution in [0, 0.1) is 0 Å². The Bertz CT molecular complexity index is 707. The molecule has 21 heavy (non-hydrogen) atoms. The molecule has 0 aliphatic rings. The van der Waals surface area contributed by atoms with Gasteiger partial charge in [-0.1, -0.05) is 11.6 Å². The first kappa shape index (κ1) is 15.5. The lowest BCUT2D eigenvalue weighted by molar-refractivity contribution is 0.100. The predicted octanol–water partition coefficient (Wildman–Crippen LogP) is 3.54. The second-order valence-corrected chi connectivity index (χ2v) is 5.53. The fraction of sp³-hybridized carbons (Fsp3) is 0.0714. The third-order valence-corrected chi connectivity index (χ3v) is 3.75. The monoisotopic (exact) mass is 369 g/mol. The maximum absolute atomic E-state index is 11.5. The van der Waals surface area contributed by atoms with Gasteiger partial charge in [0, 0.05) is 17.4 Å². The van der Waals surface area contributed by atoms with Gasteiger partial charge in [-0.25, -0.2) is 0 Å². The second kappa shape index (κ2) is 6.24. The van der Waals surface area contributed by atoms with Crippen molar-refractivity contribution in [2.75, 3.05) is 18.2 Å². The number of primary amides is 1. The van der Waals surface area contributed by atoms with Crippen LogP contribution in [-0.2, 0) is 0 Å². The Labute approximate surface area is 135 Å². The van der Waals surface area contributed by atoms with Gasteiger partial charge in [0.1, 0.15) is 5.75 Å². The molecule has 1 amide bonds. The van der Waals surface area contributed by atoms with E-state index in [0.29, 0.717) is 27.8 Å². The van der Waals surface area contributed by atoms with Gasteiger partial charge in [-0.05, 0) is 40.2 Å². The molecule has 0 unspecified atom stereocenters. The average Bonchev–Trinajstić information content (AvgIpc) is 2.43. The minimum atomic E-state index is -0.615. The van der Waals surface area contributed by atoms with Gasteiger partial charge in [0.05, 0.1) is 27.9 Å². The van der Waals surface area contributed by atoms with E-state index in [0.717, 1.165) is 4.47 Å². The SMILES string of the molecule is COc1cc(Nc2c(Cl)cc(N)cc2C(N)=O)ccc1Br. The van der Waals surface area contributed by atoms with Gasteiger partial charge in [0.25, 0.3) is 5.91 Å². The largest absolute Gasteiger partial charge is 0.495 e. The summed E-state index contributed by atoms with van der Waals surface area (Å²) >= 11 is 9.51. The van der Waals surface area contributed by atoms with E-state index in [1.807, 2.05) is 12.1 Å². The molecule has 0 heterocycles.